The van der Waals surface area contributed by atoms with E-state index in [1.807, 2.05) is 0 Å². The van der Waals surface area contributed by atoms with Crippen LogP contribution in [-0.4, -0.2) is 41.0 Å². The van der Waals surface area contributed by atoms with Gasteiger partial charge in [-0.3, -0.25) is 10.2 Å². The number of unbranched alkanes of at least 4 members (excludes halogenated alkanes) is 13. The largest absolute Gasteiger partial charge is 0.480 e. The Labute approximate surface area is 180 Å². The molecule has 0 saturated carbocycles. The number of likely N-dealkylation sites (N-methyl/N-ethyl adjacent to an activating group) is 1. The van der Waals surface area contributed by atoms with Crippen LogP contribution in [0, 0.1) is 0 Å². The highest BCUT2D eigenvalue weighted by atomic mass is 35.5. The molecule has 0 spiro atoms. The van der Waals surface area contributed by atoms with Crippen LogP contribution in [0.25, 0.3) is 0 Å². The number of thiol groups is 1. The predicted octanol–water partition coefficient (Wildman–Crippen LogP) is 6.10. The molecule has 0 rings (SSSR count). The molecule has 0 aromatic heterocycles. The lowest BCUT2D eigenvalue weighted by Gasteiger charge is -2.34. The summed E-state index contributed by atoms with van der Waals surface area (Å²) in [7, 11) is 1.79. The van der Waals surface area contributed by atoms with E-state index in [2.05, 4.69) is 25.0 Å². The maximum Gasteiger partial charge on any atom is 0.326 e. The highest BCUT2D eigenvalue weighted by molar-refractivity contribution is 7.80. The molecule has 2 N–H and O–H groups in total. The van der Waals surface area contributed by atoms with Crippen molar-refractivity contribution < 1.29 is 9.90 Å². The quantitative estimate of drug-likeness (QED) is 0.133. The van der Waals surface area contributed by atoms with Gasteiger partial charge < -0.3 is 5.11 Å². The van der Waals surface area contributed by atoms with Gasteiger partial charge in [-0.05, 0) is 13.3 Å². The van der Waals surface area contributed by atoms with Crippen LogP contribution in [-0.2, 0) is 4.79 Å². The van der Waals surface area contributed by atoms with Crippen molar-refractivity contribution in [3.05, 3.63) is 0 Å². The van der Waals surface area contributed by atoms with Gasteiger partial charge in [0.05, 0.1) is 0 Å². The van der Waals surface area contributed by atoms with Crippen LogP contribution in [0.1, 0.15) is 104 Å². The molecule has 0 bridgehead atoms. The van der Waals surface area contributed by atoms with Crippen LogP contribution >= 0.6 is 25.0 Å². The second-order valence-electron chi connectivity index (χ2n) is 7.80. The minimum Gasteiger partial charge on any atom is -0.480 e. The predicted molar refractivity (Wildman–Crippen MR) is 123 cm³/mol. The maximum atomic E-state index is 11.3. The molecule has 6 heteroatoms. The molecule has 0 aromatic carbocycles. The number of hydrogen-bond acceptors (Lipinski definition) is 4. The fourth-order valence-electron chi connectivity index (χ4n) is 3.06. The average molecular weight is 425 g/mol. The highest BCUT2D eigenvalue weighted by Gasteiger charge is 2.36. The summed E-state index contributed by atoms with van der Waals surface area (Å²) in [5.74, 6) is -0.562. The smallest absolute Gasteiger partial charge is 0.326 e. The third kappa shape index (κ3) is 14.7. The van der Waals surface area contributed by atoms with E-state index in [0.29, 0.717) is 0 Å². The number of carboxylic acid groups (broad SMARTS) is 1. The first-order valence-corrected chi connectivity index (χ1v) is 11.4. The summed E-state index contributed by atoms with van der Waals surface area (Å²) in [6.07, 6.45) is 18.9. The summed E-state index contributed by atoms with van der Waals surface area (Å²) in [6.45, 7) is 4.79. The van der Waals surface area contributed by atoms with Gasteiger partial charge in [-0.15, -0.1) is 12.4 Å². The Morgan fingerprint density at radius 3 is 1.59 bits per heavy atom. The number of nitrogens with one attached hydrogen (secondary N) is 1. The number of hydrazine groups is 1. The van der Waals surface area contributed by atoms with E-state index >= 15 is 0 Å². The van der Waals surface area contributed by atoms with Gasteiger partial charge in [0.15, 0.2) is 0 Å². The molecule has 1 unspecified atom stereocenters. The Morgan fingerprint density at radius 1 is 0.889 bits per heavy atom. The Balaban J connectivity index is 0. The van der Waals surface area contributed by atoms with E-state index in [-0.39, 0.29) is 18.2 Å². The topological polar surface area (TPSA) is 52.6 Å². The molecule has 0 aliphatic rings. The Hall–Kier alpha value is 0.0300. The summed E-state index contributed by atoms with van der Waals surface area (Å²) in [6, 6.07) is 0. The normalized spacial score (nSPS) is 13.4. The second kappa shape index (κ2) is 19.4. The average Bonchev–Trinajstić information content (AvgIpc) is 2.63. The van der Waals surface area contributed by atoms with Crippen molar-refractivity contribution in [2.24, 2.45) is 0 Å². The molecular weight excluding hydrogens is 380 g/mol. The van der Waals surface area contributed by atoms with Gasteiger partial charge in [-0.1, -0.05) is 90.4 Å². The van der Waals surface area contributed by atoms with E-state index in [9.17, 15) is 9.90 Å². The van der Waals surface area contributed by atoms with Gasteiger partial charge in [0.25, 0.3) is 0 Å². The molecule has 0 aromatic rings. The molecule has 1 atom stereocenters. The third-order valence-electron chi connectivity index (χ3n) is 5.39. The van der Waals surface area contributed by atoms with E-state index in [4.69, 9.17) is 0 Å². The molecule has 0 heterocycles. The summed E-state index contributed by atoms with van der Waals surface area (Å²) < 4.78 is 0. The zero-order valence-corrected chi connectivity index (χ0v) is 19.7. The van der Waals surface area contributed by atoms with Gasteiger partial charge in [0.1, 0.15) is 5.54 Å². The standard InChI is InChI=1S/C21H44N2O2S.ClH/c1-4-5-6-7-8-9-10-11-12-13-14-15-16-17-18-22-23(3)21(2,19-26)20(24)25;/h22,26H,4-19H2,1-3H3,(H,24,25);1H. The first kappa shape index (κ1) is 29.2. The lowest BCUT2D eigenvalue weighted by Crippen LogP contribution is -2.57. The van der Waals surface area contributed by atoms with E-state index in [1.165, 1.54) is 83.5 Å². The number of rotatable bonds is 19. The van der Waals surface area contributed by atoms with Crippen molar-refractivity contribution >= 4 is 31.0 Å². The van der Waals surface area contributed by atoms with Gasteiger partial charge in [0, 0.05) is 19.3 Å². The van der Waals surface area contributed by atoms with E-state index in [1.54, 1.807) is 19.0 Å². The minimum atomic E-state index is -0.959. The van der Waals surface area contributed by atoms with Crippen LogP contribution in [0.15, 0.2) is 0 Å². The SMILES string of the molecule is CCCCCCCCCCCCCCCCNN(C)C(C)(CS)C(=O)O.Cl. The van der Waals surface area contributed by atoms with E-state index in [0.717, 1.165) is 13.0 Å². The molecule has 0 saturated heterocycles. The van der Waals surface area contributed by atoms with E-state index < -0.39 is 11.5 Å². The zero-order chi connectivity index (χ0) is 19.7. The number of nitrogens with zero attached hydrogens (tertiary/aromatic N) is 1. The first-order valence-electron chi connectivity index (χ1n) is 10.8. The van der Waals surface area contributed by atoms with Crippen molar-refractivity contribution in [1.29, 1.82) is 0 Å². The first-order chi connectivity index (χ1) is 12.5. The molecule has 0 fully saturated rings. The molecule has 27 heavy (non-hydrogen) atoms. The molecule has 4 nitrogen and oxygen atoms in total. The molecule has 0 radical (unpaired) electrons. The van der Waals surface area contributed by atoms with Crippen molar-refractivity contribution in [3.63, 3.8) is 0 Å². The summed E-state index contributed by atoms with van der Waals surface area (Å²) in [4.78, 5) is 11.3. The van der Waals surface area contributed by atoms with Crippen LogP contribution in [0.3, 0.4) is 0 Å². The third-order valence-corrected chi connectivity index (χ3v) is 6.00. The van der Waals surface area contributed by atoms with Crippen molar-refractivity contribution in [2.75, 3.05) is 19.3 Å². The Kier molecular flexibility index (Phi) is 21.0. The fourth-order valence-corrected chi connectivity index (χ4v) is 3.41. The minimum absolute atomic E-state index is 0. The van der Waals surface area contributed by atoms with Crippen LogP contribution in [0.5, 0.6) is 0 Å². The lowest BCUT2D eigenvalue weighted by atomic mass is 10.0. The highest BCUT2D eigenvalue weighted by Crippen LogP contribution is 2.14. The van der Waals surface area contributed by atoms with Crippen molar-refractivity contribution in [1.82, 2.24) is 10.4 Å². The van der Waals surface area contributed by atoms with Crippen LogP contribution in [0.2, 0.25) is 0 Å². The summed E-state index contributed by atoms with van der Waals surface area (Å²) >= 11 is 4.17. The summed E-state index contributed by atoms with van der Waals surface area (Å²) in [5.41, 5.74) is 2.24. The van der Waals surface area contributed by atoms with Crippen LogP contribution in [0.4, 0.5) is 0 Å². The Morgan fingerprint density at radius 2 is 1.26 bits per heavy atom. The van der Waals surface area contributed by atoms with Gasteiger partial charge in [-0.25, -0.2) is 5.01 Å². The molecule has 164 valence electrons. The number of aliphatic carboxylic acids is 1. The number of hydrogen-bond donors (Lipinski definition) is 3. The Bertz CT molecular complexity index is 348. The maximum absolute atomic E-state index is 11.3. The fraction of sp³-hybridized carbons (Fsp3) is 0.952. The van der Waals surface area contributed by atoms with Crippen LogP contribution < -0.4 is 5.43 Å². The molecule has 0 amide bonds. The zero-order valence-electron chi connectivity index (χ0n) is 18.0. The molecule has 0 aliphatic carbocycles. The van der Waals surface area contributed by atoms with Gasteiger partial charge in [0.2, 0.25) is 0 Å². The lowest BCUT2D eigenvalue weighted by molar-refractivity contribution is -0.150. The monoisotopic (exact) mass is 424 g/mol. The molecular formula is C21H45ClN2O2S. The number of halogens is 1. The van der Waals surface area contributed by atoms with Gasteiger partial charge >= 0.3 is 5.97 Å². The summed E-state index contributed by atoms with van der Waals surface area (Å²) in [5, 5.41) is 11.0. The second-order valence-corrected chi connectivity index (χ2v) is 8.12. The van der Waals surface area contributed by atoms with Crippen molar-refractivity contribution in [2.45, 2.75) is 109 Å². The number of carboxylic acids is 1. The molecule has 0 aliphatic heterocycles. The van der Waals surface area contributed by atoms with Gasteiger partial charge in [-0.2, -0.15) is 12.6 Å². The number of carbonyl (C=O) groups is 1. The van der Waals surface area contributed by atoms with Crippen molar-refractivity contribution in [3.8, 4) is 0 Å².